The molecule has 0 saturated carbocycles. The van der Waals surface area contributed by atoms with Crippen LogP contribution in [0.3, 0.4) is 0 Å². The Morgan fingerprint density at radius 2 is 0.744 bits per heavy atom. The lowest BCUT2D eigenvalue weighted by molar-refractivity contribution is 0.114. The van der Waals surface area contributed by atoms with Crippen LogP contribution in [0.15, 0.2) is 178 Å². The Labute approximate surface area is 526 Å². The van der Waals surface area contributed by atoms with Gasteiger partial charge in [-0.1, -0.05) is 41.7 Å². The van der Waals surface area contributed by atoms with Crippen molar-refractivity contribution in [2.24, 2.45) is 30.3 Å². The van der Waals surface area contributed by atoms with Crippen LogP contribution in [-0.2, 0) is 0 Å². The predicted molar refractivity (Wildman–Crippen MR) is 349 cm³/mol. The highest BCUT2D eigenvalue weighted by Gasteiger charge is 2.16. The van der Waals surface area contributed by atoms with Gasteiger partial charge in [-0.25, -0.2) is 31.0 Å². The lowest BCUT2D eigenvalue weighted by Crippen LogP contribution is -2.45. The number of aliphatic imine (C=N–C) groups is 4. The maximum absolute atomic E-state index is 4.03. The summed E-state index contributed by atoms with van der Waals surface area (Å²) in [6, 6.07) is 8.18. The molecular weight excluding hydrogens is 1160 g/mol. The van der Waals surface area contributed by atoms with Gasteiger partial charge in [0.05, 0.1) is 123 Å². The second kappa shape index (κ2) is 41.2. The van der Waals surface area contributed by atoms with Gasteiger partial charge in [0.1, 0.15) is 33.3 Å². The highest BCUT2D eigenvalue weighted by Crippen LogP contribution is 2.24. The van der Waals surface area contributed by atoms with E-state index < -0.39 is 0 Å². The monoisotopic (exact) mass is 1250 g/mol. The lowest BCUT2D eigenvalue weighted by atomic mass is 10.3. The summed E-state index contributed by atoms with van der Waals surface area (Å²) in [5, 5.41) is 49.1. The summed E-state index contributed by atoms with van der Waals surface area (Å²) < 4.78 is 0. The number of para-hydroxylation sites is 2. The van der Waals surface area contributed by atoms with E-state index in [0.29, 0.717) is 26.7 Å². The quantitative estimate of drug-likeness (QED) is 0.0941. The molecule has 20 N–H and O–H groups in total. The van der Waals surface area contributed by atoms with Gasteiger partial charge >= 0.3 is 0 Å². The Hall–Kier alpha value is -10.1. The Bertz CT molecular complexity index is 2240. The maximum atomic E-state index is 4.03. The zero-order valence-electron chi connectivity index (χ0n) is 50.8. The molecule has 90 heavy (non-hydrogen) atoms. The number of nitrogens with one attached hydrogen (secondary N) is 20. The zero-order chi connectivity index (χ0) is 61.8. The molecule has 0 amide bonds. The van der Waals surface area contributed by atoms with Crippen molar-refractivity contribution >= 4 is 36.7 Å². The summed E-state index contributed by atoms with van der Waals surface area (Å²) in [5.74, 6) is 0. The van der Waals surface area contributed by atoms with Crippen LogP contribution >= 0.6 is 0 Å². The number of hydrazine groups is 9. The topological polar surface area (TPSA) is 354 Å². The molecular formula is C52H92N38. The molecule has 16 aliphatic heterocycles. The molecule has 0 fully saturated rings. The second-order valence-electron chi connectivity index (χ2n) is 20.0. The number of hydrogen-bond acceptors (Lipinski definition) is 38. The molecule has 0 spiro atoms. The molecule has 17 rings (SSSR count). The van der Waals surface area contributed by atoms with Gasteiger partial charge in [-0.15, -0.1) is 0 Å². The fourth-order valence-corrected chi connectivity index (χ4v) is 8.54. The van der Waals surface area contributed by atoms with E-state index in [1.807, 2.05) is 102 Å². The van der Waals surface area contributed by atoms with E-state index in [4.69, 9.17) is 0 Å². The zero-order valence-corrected chi connectivity index (χ0v) is 50.8. The minimum Gasteiger partial charge on any atom is -0.373 e. The van der Waals surface area contributed by atoms with Crippen LogP contribution < -0.4 is 108 Å². The molecule has 0 radical (unpaired) electrons. The number of nitrogens with zero attached hydrogens (tertiary/aromatic N) is 18. The molecule has 0 unspecified atom stereocenters. The van der Waals surface area contributed by atoms with E-state index >= 15 is 0 Å². The Kier molecular flexibility index (Phi) is 30.1. The summed E-state index contributed by atoms with van der Waals surface area (Å²) in [7, 11) is 0. The summed E-state index contributed by atoms with van der Waals surface area (Å²) in [5.41, 5.74) is 34.4. The van der Waals surface area contributed by atoms with Gasteiger partial charge in [0.15, 0.2) is 0 Å². The van der Waals surface area contributed by atoms with E-state index in [-0.39, 0.29) is 0 Å². The lowest BCUT2D eigenvalue weighted by Gasteiger charge is -2.23. The van der Waals surface area contributed by atoms with Crippen molar-refractivity contribution in [2.45, 2.75) is 0 Å². The highest BCUT2D eigenvalue weighted by atomic mass is 15.7. The van der Waals surface area contributed by atoms with Gasteiger partial charge in [0.25, 0.3) is 0 Å². The van der Waals surface area contributed by atoms with Crippen LogP contribution in [0.4, 0.5) is 11.4 Å². The van der Waals surface area contributed by atoms with Crippen LogP contribution in [0.2, 0.25) is 0 Å². The highest BCUT2D eigenvalue weighted by molar-refractivity contribution is 5.72. The third-order valence-electron chi connectivity index (χ3n) is 12.9. The minimum absolute atomic E-state index is 0.597. The van der Waals surface area contributed by atoms with E-state index in [9.17, 15) is 0 Å². The predicted octanol–water partition coefficient (Wildman–Crippen LogP) is -4.33. The molecule has 1 aromatic rings. The van der Waals surface area contributed by atoms with Crippen molar-refractivity contribution in [1.82, 2.24) is 157 Å². The standard InChI is InChI=1S/4C7H12N4.C7H8N2.C6H11N5.C5H10N6.C3H6N2.C2H5N3.CH4N4/c2*1-3-10(5-8-1)7-11-4-2-9-6-11;2*1-3-8-10(5-1)7-11-6-2-4-9-11;1-2-4-7-6(3-1)8-5-9-7;1-2-10(4-7-1)6-11-5-8-3-9-11;1-6-3-10(8-1)5-11-4-7-2-9-11;1-2-5-3-4-1;1-3-2-5-4-1;1-2-4-5-3-1/h4*1-4,8-9H,5-7H2;1-4,8-9H,5H2;1-3,7H,4-6H2,(H,8,9);1-2H,3-5H2,(H,6,8)(H,7,9);1-2,4-5H,3H2;1,5H,2H2,(H,3,4);1H2,(H,2,5)(H,3,4). The molecule has 1 aromatic carbocycles. The fourth-order valence-electron chi connectivity index (χ4n) is 8.54. The summed E-state index contributed by atoms with van der Waals surface area (Å²) in [6.07, 6.45) is 46.8. The summed E-state index contributed by atoms with van der Waals surface area (Å²) >= 11 is 0. The molecule has 0 bridgehead atoms. The van der Waals surface area contributed by atoms with Crippen molar-refractivity contribution in [3.05, 3.63) is 148 Å². The molecule has 16 heterocycles. The summed E-state index contributed by atoms with van der Waals surface area (Å²) in [6.45, 7) is 19.1. The van der Waals surface area contributed by atoms with Gasteiger partial charge in [0, 0.05) is 125 Å². The molecule has 0 aliphatic carbocycles. The van der Waals surface area contributed by atoms with E-state index in [2.05, 4.69) is 244 Å². The SMILES string of the molecule is C1=CN(CN2C=CNC2)CN1.C1=CN(CN2C=CNC2)CN1.C1=CN(CN2CN=CN2)CN1.C1=CNCN1.C1=CNN(CN2CC=CN2)C1.C1=CNN(CN2CC=CN2)C1.C1=NCN(CN2CN=CN2)N1.C1=NCNN1.C1N=NNN1.c1ccc2c(c1)NCN2. The van der Waals surface area contributed by atoms with E-state index in [1.165, 1.54) is 11.4 Å². The van der Waals surface area contributed by atoms with Crippen molar-refractivity contribution in [3.63, 3.8) is 0 Å². The maximum Gasteiger partial charge on any atom is 0.130 e. The molecule has 16 aliphatic rings. The van der Waals surface area contributed by atoms with Crippen molar-refractivity contribution < 1.29 is 0 Å². The number of hydrogen-bond donors (Lipinski definition) is 20. The molecule has 0 atom stereocenters. The first-order chi connectivity index (χ1) is 44.7. The number of fused-ring (bicyclic) bond motifs is 1. The molecule has 0 saturated heterocycles. The van der Waals surface area contributed by atoms with Gasteiger partial charge < -0.3 is 116 Å². The number of benzene rings is 1. The first-order valence-electron chi connectivity index (χ1n) is 29.5. The molecule has 38 heteroatoms. The second-order valence-corrected chi connectivity index (χ2v) is 20.0. The van der Waals surface area contributed by atoms with Crippen molar-refractivity contribution in [2.75, 3.05) is 157 Å². The van der Waals surface area contributed by atoms with Gasteiger partial charge in [0.2, 0.25) is 0 Å². The van der Waals surface area contributed by atoms with E-state index in [0.717, 1.165) is 120 Å². The van der Waals surface area contributed by atoms with Crippen molar-refractivity contribution in [1.29, 1.82) is 0 Å². The third kappa shape index (κ3) is 27.3. The molecule has 0 aromatic heterocycles. The fraction of sp³-hybridized carbons (Fsp3) is 0.423. The molecule has 490 valence electrons. The van der Waals surface area contributed by atoms with Crippen LogP contribution in [0.5, 0.6) is 0 Å². The summed E-state index contributed by atoms with van der Waals surface area (Å²) in [4.78, 5) is 26.7. The smallest absolute Gasteiger partial charge is 0.130 e. The first-order valence-corrected chi connectivity index (χ1v) is 29.5. The van der Waals surface area contributed by atoms with Crippen LogP contribution in [0.25, 0.3) is 0 Å². The largest absolute Gasteiger partial charge is 0.373 e. The Balaban J connectivity index is 0.000000131. The van der Waals surface area contributed by atoms with Crippen molar-refractivity contribution in [3.8, 4) is 0 Å². The third-order valence-corrected chi connectivity index (χ3v) is 12.9. The van der Waals surface area contributed by atoms with E-state index in [1.54, 1.807) is 25.4 Å². The normalized spacial score (nSPS) is 21.1. The Morgan fingerprint density at radius 1 is 0.344 bits per heavy atom. The average Bonchev–Trinajstić information content (AvgIpc) is 4.57. The van der Waals surface area contributed by atoms with Crippen LogP contribution in [0, 0.1) is 0 Å². The number of anilines is 2. The van der Waals surface area contributed by atoms with Crippen LogP contribution in [0.1, 0.15) is 0 Å². The first kappa shape index (κ1) is 65.9. The minimum atomic E-state index is 0.597. The van der Waals surface area contributed by atoms with Crippen LogP contribution in [-0.4, -0.2) is 231 Å². The molecule has 38 nitrogen and oxygen atoms in total. The van der Waals surface area contributed by atoms with Gasteiger partial charge in [-0.3, -0.25) is 20.0 Å². The number of rotatable bonds is 12. The Morgan fingerprint density at radius 3 is 1.00 bits per heavy atom. The van der Waals surface area contributed by atoms with Gasteiger partial charge in [-0.2, -0.15) is 25.6 Å². The average molecular weight is 1250 g/mol. The van der Waals surface area contributed by atoms with Gasteiger partial charge in [-0.05, 0) is 12.1 Å².